The molecule has 0 spiro atoms. The van der Waals surface area contributed by atoms with Gasteiger partial charge in [0.25, 0.3) is 5.91 Å². The van der Waals surface area contributed by atoms with E-state index in [9.17, 15) is 18.9 Å². The third-order valence-electron chi connectivity index (χ3n) is 4.13. The number of rotatable bonds is 6. The molecule has 30 heavy (non-hydrogen) atoms. The van der Waals surface area contributed by atoms with Crippen LogP contribution in [0.15, 0.2) is 82.3 Å². The zero-order chi connectivity index (χ0) is 21.6. The zero-order valence-corrected chi connectivity index (χ0v) is 17.0. The van der Waals surface area contributed by atoms with E-state index in [1.165, 1.54) is 18.3 Å². The number of carbonyl (C=O) groups excluding carboxylic acids is 2. The van der Waals surface area contributed by atoms with Crippen molar-refractivity contribution in [2.75, 3.05) is 12.4 Å². The molecular weight excluding hydrogens is 404 g/mol. The van der Waals surface area contributed by atoms with Gasteiger partial charge in [0.15, 0.2) is 0 Å². The minimum atomic E-state index is -3.39. The molecule has 0 aliphatic rings. The van der Waals surface area contributed by atoms with Crippen LogP contribution >= 0.6 is 0 Å². The van der Waals surface area contributed by atoms with E-state index >= 15 is 0 Å². The van der Waals surface area contributed by atoms with Crippen LogP contribution in [-0.2, 0) is 19.3 Å². The SMILES string of the molecule is CCOC(=O)C[S@@](=O)(=NC(=O)c1cncc(-c2cccc(O)c2)c1)c1ccccc1. The van der Waals surface area contributed by atoms with Crippen molar-refractivity contribution in [2.24, 2.45) is 4.36 Å². The van der Waals surface area contributed by atoms with E-state index in [2.05, 4.69) is 9.35 Å². The van der Waals surface area contributed by atoms with Gasteiger partial charge >= 0.3 is 5.97 Å². The lowest BCUT2D eigenvalue weighted by Crippen LogP contribution is -2.20. The van der Waals surface area contributed by atoms with Gasteiger partial charge in [0.05, 0.1) is 21.9 Å². The quantitative estimate of drug-likeness (QED) is 0.605. The molecule has 2 aromatic carbocycles. The number of ether oxygens (including phenoxy) is 1. The molecule has 0 bridgehead atoms. The summed E-state index contributed by atoms with van der Waals surface area (Å²) in [4.78, 5) is 29.2. The summed E-state index contributed by atoms with van der Waals surface area (Å²) in [6.45, 7) is 1.77. The highest BCUT2D eigenvalue weighted by Crippen LogP contribution is 2.24. The summed E-state index contributed by atoms with van der Waals surface area (Å²) in [5.41, 5.74) is 1.36. The summed E-state index contributed by atoms with van der Waals surface area (Å²) in [5.74, 6) is -1.91. The monoisotopic (exact) mass is 424 g/mol. The fourth-order valence-electron chi connectivity index (χ4n) is 2.75. The average molecular weight is 424 g/mol. The van der Waals surface area contributed by atoms with Gasteiger partial charge in [-0.2, -0.15) is 4.36 Å². The normalized spacial score (nSPS) is 12.6. The number of aromatic nitrogens is 1. The van der Waals surface area contributed by atoms with Gasteiger partial charge in [-0.05, 0) is 42.8 Å². The molecule has 154 valence electrons. The Morgan fingerprint density at radius 2 is 1.80 bits per heavy atom. The van der Waals surface area contributed by atoms with E-state index in [0.29, 0.717) is 11.1 Å². The van der Waals surface area contributed by atoms with Gasteiger partial charge in [-0.1, -0.05) is 30.3 Å². The number of carbonyl (C=O) groups is 2. The first-order valence-corrected chi connectivity index (χ1v) is 10.8. The number of hydrogen-bond acceptors (Lipinski definition) is 6. The topological polar surface area (TPSA) is 106 Å². The Bertz CT molecular complexity index is 1180. The van der Waals surface area contributed by atoms with Gasteiger partial charge < -0.3 is 9.84 Å². The van der Waals surface area contributed by atoms with Gasteiger partial charge in [-0.3, -0.25) is 14.6 Å². The first kappa shape index (κ1) is 21.2. The minimum Gasteiger partial charge on any atom is -0.508 e. The zero-order valence-electron chi connectivity index (χ0n) is 16.2. The van der Waals surface area contributed by atoms with E-state index in [-0.39, 0.29) is 22.8 Å². The molecule has 3 aromatic rings. The first-order valence-electron chi connectivity index (χ1n) is 9.15. The summed E-state index contributed by atoms with van der Waals surface area (Å²) in [7, 11) is -3.39. The van der Waals surface area contributed by atoms with Crippen molar-refractivity contribution >= 4 is 21.6 Å². The van der Waals surface area contributed by atoms with Crippen LogP contribution in [0.25, 0.3) is 11.1 Å². The number of esters is 1. The van der Waals surface area contributed by atoms with Gasteiger partial charge in [0.2, 0.25) is 0 Å². The van der Waals surface area contributed by atoms with Crippen LogP contribution in [0, 0.1) is 0 Å². The van der Waals surface area contributed by atoms with Crippen LogP contribution in [0.3, 0.4) is 0 Å². The molecule has 1 N–H and O–H groups in total. The molecule has 1 amide bonds. The molecule has 0 saturated heterocycles. The standard InChI is InChI=1S/C22H20N2O5S/c1-2-29-21(26)15-30(28,20-9-4-3-5-10-20)24-22(27)18-11-17(13-23-14-18)16-7-6-8-19(25)12-16/h3-14,25H,2,15H2,1H3/t30-/m0/s1. The lowest BCUT2D eigenvalue weighted by atomic mass is 10.1. The Balaban J connectivity index is 2.01. The number of nitrogens with zero attached hydrogens (tertiary/aromatic N) is 2. The van der Waals surface area contributed by atoms with Crippen molar-refractivity contribution in [2.45, 2.75) is 11.8 Å². The summed E-state index contributed by atoms with van der Waals surface area (Å²) in [5, 5.41) is 9.67. The highest BCUT2D eigenvalue weighted by atomic mass is 32.2. The van der Waals surface area contributed by atoms with Crippen LogP contribution in [0.4, 0.5) is 0 Å². The second kappa shape index (κ2) is 9.32. The molecule has 0 unspecified atom stereocenters. The van der Waals surface area contributed by atoms with Crippen molar-refractivity contribution in [1.82, 2.24) is 4.98 Å². The number of benzene rings is 2. The van der Waals surface area contributed by atoms with Gasteiger partial charge in [-0.25, -0.2) is 4.21 Å². The van der Waals surface area contributed by atoms with Crippen LogP contribution in [0.5, 0.6) is 5.75 Å². The maximum atomic E-state index is 13.5. The second-order valence-electron chi connectivity index (χ2n) is 6.31. The van der Waals surface area contributed by atoms with Crippen molar-refractivity contribution in [3.8, 4) is 16.9 Å². The Hall–Kier alpha value is -3.52. The van der Waals surface area contributed by atoms with E-state index in [1.807, 2.05) is 0 Å². The molecular formula is C22H20N2O5S. The number of phenolic OH excluding ortho intramolecular Hbond substituents is 1. The molecule has 0 radical (unpaired) electrons. The van der Waals surface area contributed by atoms with Crippen LogP contribution in [-0.4, -0.2) is 38.5 Å². The third-order valence-corrected chi connectivity index (χ3v) is 6.22. The number of pyridine rings is 1. The van der Waals surface area contributed by atoms with Gasteiger partial charge in [-0.15, -0.1) is 0 Å². The van der Waals surface area contributed by atoms with Crippen molar-refractivity contribution in [3.63, 3.8) is 0 Å². The fraction of sp³-hybridized carbons (Fsp3) is 0.136. The largest absolute Gasteiger partial charge is 0.508 e. The van der Waals surface area contributed by atoms with Crippen LogP contribution in [0.1, 0.15) is 17.3 Å². The van der Waals surface area contributed by atoms with Gasteiger partial charge in [0, 0.05) is 22.9 Å². The average Bonchev–Trinajstić information content (AvgIpc) is 2.74. The third kappa shape index (κ3) is 5.09. The van der Waals surface area contributed by atoms with Crippen LogP contribution < -0.4 is 0 Å². The molecule has 1 aromatic heterocycles. The molecule has 8 heteroatoms. The minimum absolute atomic E-state index is 0.0791. The highest BCUT2D eigenvalue weighted by Gasteiger charge is 2.21. The predicted molar refractivity (Wildman–Crippen MR) is 112 cm³/mol. The summed E-state index contributed by atoms with van der Waals surface area (Å²) >= 11 is 0. The molecule has 0 aliphatic carbocycles. The lowest BCUT2D eigenvalue weighted by molar-refractivity contribution is -0.139. The Morgan fingerprint density at radius 1 is 1.03 bits per heavy atom. The Kier molecular flexibility index (Phi) is 6.58. The summed E-state index contributed by atoms with van der Waals surface area (Å²) in [6, 6.07) is 16.2. The smallest absolute Gasteiger partial charge is 0.319 e. The number of phenols is 1. The Morgan fingerprint density at radius 3 is 2.50 bits per heavy atom. The number of aromatic hydroxyl groups is 1. The summed E-state index contributed by atoms with van der Waals surface area (Å²) in [6.07, 6.45) is 2.85. The van der Waals surface area contributed by atoms with E-state index in [4.69, 9.17) is 4.74 Å². The molecule has 7 nitrogen and oxygen atoms in total. The second-order valence-corrected chi connectivity index (χ2v) is 8.54. The Labute approximate surface area is 174 Å². The van der Waals surface area contributed by atoms with Crippen molar-refractivity contribution < 1.29 is 23.6 Å². The lowest BCUT2D eigenvalue weighted by Gasteiger charge is -2.10. The van der Waals surface area contributed by atoms with Crippen LogP contribution in [0.2, 0.25) is 0 Å². The highest BCUT2D eigenvalue weighted by molar-refractivity contribution is 7.94. The first-order chi connectivity index (χ1) is 14.4. The predicted octanol–water partition coefficient (Wildman–Crippen LogP) is 3.68. The van der Waals surface area contributed by atoms with E-state index in [0.717, 1.165) is 0 Å². The molecule has 1 heterocycles. The molecule has 3 rings (SSSR count). The van der Waals surface area contributed by atoms with Gasteiger partial charge in [0.1, 0.15) is 11.5 Å². The van der Waals surface area contributed by atoms with E-state index < -0.39 is 27.4 Å². The summed E-state index contributed by atoms with van der Waals surface area (Å²) < 4.78 is 22.3. The number of hydrogen-bond donors (Lipinski definition) is 1. The maximum absolute atomic E-state index is 13.5. The van der Waals surface area contributed by atoms with Crippen molar-refractivity contribution in [1.29, 1.82) is 0 Å². The molecule has 0 aliphatic heterocycles. The fourth-order valence-corrected chi connectivity index (χ4v) is 4.45. The molecule has 0 fully saturated rings. The molecule has 0 saturated carbocycles. The molecule has 1 atom stereocenters. The van der Waals surface area contributed by atoms with E-state index in [1.54, 1.807) is 61.7 Å². The maximum Gasteiger partial charge on any atom is 0.319 e. The number of amides is 1. The van der Waals surface area contributed by atoms with Crippen molar-refractivity contribution in [3.05, 3.63) is 78.6 Å².